The molecule has 1 aliphatic rings. The number of hydrogen-bond donors (Lipinski definition) is 1. The minimum absolute atomic E-state index is 0.0633. The Kier molecular flexibility index (Phi) is 5.19. The quantitative estimate of drug-likeness (QED) is 0.889. The van der Waals surface area contributed by atoms with Gasteiger partial charge in [-0.05, 0) is 48.6 Å². The Balaban J connectivity index is 1.48. The SMILES string of the molecule is O=C(CCc1cccnc1)NCc1ccnc(N2CCCC2)c1. The average Bonchev–Trinajstić information content (AvgIpc) is 3.14. The first-order valence-electron chi connectivity index (χ1n) is 8.17. The van der Waals surface area contributed by atoms with Gasteiger partial charge >= 0.3 is 0 Å². The highest BCUT2D eigenvalue weighted by Crippen LogP contribution is 2.18. The summed E-state index contributed by atoms with van der Waals surface area (Å²) in [5.41, 5.74) is 2.18. The van der Waals surface area contributed by atoms with E-state index in [-0.39, 0.29) is 5.91 Å². The Labute approximate surface area is 136 Å². The van der Waals surface area contributed by atoms with Crippen LogP contribution in [-0.2, 0) is 17.8 Å². The lowest BCUT2D eigenvalue weighted by Gasteiger charge is -2.17. The second-order valence-corrected chi connectivity index (χ2v) is 5.85. The van der Waals surface area contributed by atoms with Crippen molar-refractivity contribution >= 4 is 11.7 Å². The zero-order chi connectivity index (χ0) is 15.9. The first-order valence-corrected chi connectivity index (χ1v) is 8.17. The Morgan fingerprint density at radius 2 is 2.04 bits per heavy atom. The van der Waals surface area contributed by atoms with Crippen molar-refractivity contribution < 1.29 is 4.79 Å². The van der Waals surface area contributed by atoms with Crippen LogP contribution in [0.2, 0.25) is 0 Å². The molecule has 0 bridgehead atoms. The summed E-state index contributed by atoms with van der Waals surface area (Å²) in [5, 5.41) is 2.98. The molecule has 0 spiro atoms. The van der Waals surface area contributed by atoms with E-state index in [4.69, 9.17) is 0 Å². The van der Waals surface area contributed by atoms with Crippen molar-refractivity contribution in [2.24, 2.45) is 0 Å². The van der Waals surface area contributed by atoms with Gasteiger partial charge in [0.15, 0.2) is 0 Å². The van der Waals surface area contributed by atoms with Crippen molar-refractivity contribution in [3.63, 3.8) is 0 Å². The number of carbonyl (C=O) groups is 1. The molecule has 5 heteroatoms. The summed E-state index contributed by atoms with van der Waals surface area (Å²) < 4.78 is 0. The molecule has 1 amide bonds. The molecule has 0 unspecified atom stereocenters. The van der Waals surface area contributed by atoms with Gasteiger partial charge in [-0.15, -0.1) is 0 Å². The number of anilines is 1. The first kappa shape index (κ1) is 15.5. The average molecular weight is 310 g/mol. The van der Waals surface area contributed by atoms with Gasteiger partial charge in [-0.3, -0.25) is 9.78 Å². The van der Waals surface area contributed by atoms with Gasteiger partial charge < -0.3 is 10.2 Å². The molecular weight excluding hydrogens is 288 g/mol. The van der Waals surface area contributed by atoms with E-state index in [0.29, 0.717) is 13.0 Å². The predicted octanol–water partition coefficient (Wildman–Crippen LogP) is 2.33. The molecule has 1 fully saturated rings. The molecule has 1 N–H and O–H groups in total. The van der Waals surface area contributed by atoms with Crippen LogP contribution in [0.25, 0.3) is 0 Å². The Bertz CT molecular complexity index is 638. The highest BCUT2D eigenvalue weighted by atomic mass is 16.1. The highest BCUT2D eigenvalue weighted by Gasteiger charge is 2.13. The topological polar surface area (TPSA) is 58.1 Å². The second kappa shape index (κ2) is 7.72. The molecule has 1 aliphatic heterocycles. The zero-order valence-electron chi connectivity index (χ0n) is 13.2. The molecule has 23 heavy (non-hydrogen) atoms. The fourth-order valence-corrected chi connectivity index (χ4v) is 2.78. The number of nitrogens with one attached hydrogen (secondary N) is 1. The number of rotatable bonds is 6. The van der Waals surface area contributed by atoms with Gasteiger partial charge in [-0.1, -0.05) is 6.07 Å². The fourth-order valence-electron chi connectivity index (χ4n) is 2.78. The molecule has 2 aromatic rings. The Morgan fingerprint density at radius 3 is 2.83 bits per heavy atom. The molecule has 2 aromatic heterocycles. The fraction of sp³-hybridized carbons (Fsp3) is 0.389. The van der Waals surface area contributed by atoms with Crippen LogP contribution in [0, 0.1) is 0 Å². The second-order valence-electron chi connectivity index (χ2n) is 5.85. The molecule has 0 atom stereocenters. The van der Waals surface area contributed by atoms with Crippen LogP contribution >= 0.6 is 0 Å². The van der Waals surface area contributed by atoms with Crippen molar-refractivity contribution in [1.29, 1.82) is 0 Å². The molecule has 1 saturated heterocycles. The summed E-state index contributed by atoms with van der Waals surface area (Å²) >= 11 is 0. The van der Waals surface area contributed by atoms with E-state index < -0.39 is 0 Å². The van der Waals surface area contributed by atoms with Gasteiger partial charge in [-0.25, -0.2) is 4.98 Å². The van der Waals surface area contributed by atoms with Crippen LogP contribution < -0.4 is 10.2 Å². The van der Waals surface area contributed by atoms with Crippen LogP contribution in [0.3, 0.4) is 0 Å². The first-order chi connectivity index (χ1) is 11.3. The molecule has 3 heterocycles. The third kappa shape index (κ3) is 4.52. The normalized spacial score (nSPS) is 14.0. The van der Waals surface area contributed by atoms with Gasteiger partial charge in [0.25, 0.3) is 0 Å². The van der Waals surface area contributed by atoms with Crippen molar-refractivity contribution in [1.82, 2.24) is 15.3 Å². The minimum atomic E-state index is 0.0633. The molecule has 120 valence electrons. The lowest BCUT2D eigenvalue weighted by Crippen LogP contribution is -2.24. The van der Waals surface area contributed by atoms with Crippen molar-refractivity contribution in [2.75, 3.05) is 18.0 Å². The van der Waals surface area contributed by atoms with E-state index in [1.165, 1.54) is 12.8 Å². The summed E-state index contributed by atoms with van der Waals surface area (Å²) in [6, 6.07) is 7.92. The monoisotopic (exact) mass is 310 g/mol. The van der Waals surface area contributed by atoms with E-state index in [1.807, 2.05) is 24.4 Å². The van der Waals surface area contributed by atoms with Gasteiger partial charge in [0.1, 0.15) is 5.82 Å². The smallest absolute Gasteiger partial charge is 0.220 e. The summed E-state index contributed by atoms with van der Waals surface area (Å²) in [6.07, 6.45) is 9.03. The number of carbonyl (C=O) groups excluding carboxylic acids is 1. The highest BCUT2D eigenvalue weighted by molar-refractivity contribution is 5.76. The lowest BCUT2D eigenvalue weighted by molar-refractivity contribution is -0.121. The van der Waals surface area contributed by atoms with Crippen LogP contribution in [0.15, 0.2) is 42.9 Å². The summed E-state index contributed by atoms with van der Waals surface area (Å²) in [7, 11) is 0. The lowest BCUT2D eigenvalue weighted by atomic mass is 10.1. The number of hydrogen-bond acceptors (Lipinski definition) is 4. The van der Waals surface area contributed by atoms with Crippen molar-refractivity contribution in [2.45, 2.75) is 32.2 Å². The molecule has 5 nitrogen and oxygen atoms in total. The predicted molar refractivity (Wildman–Crippen MR) is 90.1 cm³/mol. The van der Waals surface area contributed by atoms with Gasteiger partial charge in [0.05, 0.1) is 0 Å². The van der Waals surface area contributed by atoms with Crippen LogP contribution in [0.5, 0.6) is 0 Å². The van der Waals surface area contributed by atoms with Crippen molar-refractivity contribution in [3.8, 4) is 0 Å². The van der Waals surface area contributed by atoms with E-state index in [1.54, 1.807) is 12.4 Å². The third-order valence-corrected chi connectivity index (χ3v) is 4.09. The number of aromatic nitrogens is 2. The Morgan fingerprint density at radius 1 is 1.17 bits per heavy atom. The van der Waals surface area contributed by atoms with Crippen LogP contribution in [-0.4, -0.2) is 29.0 Å². The van der Waals surface area contributed by atoms with Crippen LogP contribution in [0.1, 0.15) is 30.4 Å². The number of aryl methyl sites for hydroxylation is 1. The van der Waals surface area contributed by atoms with Crippen molar-refractivity contribution in [3.05, 3.63) is 54.0 Å². The molecule has 0 radical (unpaired) electrons. The van der Waals surface area contributed by atoms with E-state index >= 15 is 0 Å². The summed E-state index contributed by atoms with van der Waals surface area (Å²) in [6.45, 7) is 2.71. The van der Waals surface area contributed by atoms with E-state index in [9.17, 15) is 4.79 Å². The van der Waals surface area contributed by atoms with Gasteiger partial charge in [-0.2, -0.15) is 0 Å². The molecule has 0 aromatic carbocycles. The molecule has 3 rings (SSSR count). The summed E-state index contributed by atoms with van der Waals surface area (Å²) in [4.78, 5) is 22.8. The molecular formula is C18H22N4O. The van der Waals surface area contributed by atoms with Gasteiger partial charge in [0, 0.05) is 44.6 Å². The van der Waals surface area contributed by atoms with E-state index in [0.717, 1.165) is 36.5 Å². The number of pyridine rings is 2. The van der Waals surface area contributed by atoms with Crippen LogP contribution in [0.4, 0.5) is 5.82 Å². The maximum absolute atomic E-state index is 12.0. The third-order valence-electron chi connectivity index (χ3n) is 4.09. The number of amides is 1. The molecule has 0 saturated carbocycles. The molecule has 0 aliphatic carbocycles. The standard InChI is InChI=1S/C18H22N4O/c23-18(6-5-15-4-3-8-19-13-15)21-14-16-7-9-20-17(12-16)22-10-1-2-11-22/h3-4,7-9,12-13H,1-2,5-6,10-11,14H2,(H,21,23). The number of nitrogens with zero attached hydrogens (tertiary/aromatic N) is 3. The minimum Gasteiger partial charge on any atom is -0.357 e. The largest absolute Gasteiger partial charge is 0.357 e. The zero-order valence-corrected chi connectivity index (χ0v) is 13.2. The van der Waals surface area contributed by atoms with E-state index in [2.05, 4.69) is 26.3 Å². The maximum Gasteiger partial charge on any atom is 0.220 e. The maximum atomic E-state index is 12.0. The van der Waals surface area contributed by atoms with Gasteiger partial charge in [0.2, 0.25) is 5.91 Å². The Hall–Kier alpha value is -2.43. The summed E-state index contributed by atoms with van der Waals surface area (Å²) in [5.74, 6) is 1.08.